The highest BCUT2D eigenvalue weighted by atomic mass is 19.1. The van der Waals surface area contributed by atoms with Crippen molar-refractivity contribution in [2.24, 2.45) is 5.73 Å². The first kappa shape index (κ1) is 12.2. The number of ether oxygens (including phenoxy) is 1. The third-order valence-corrected chi connectivity index (χ3v) is 3.33. The summed E-state index contributed by atoms with van der Waals surface area (Å²) in [6.07, 6.45) is 0. The van der Waals surface area contributed by atoms with Crippen molar-refractivity contribution in [1.82, 2.24) is 0 Å². The van der Waals surface area contributed by atoms with Crippen LogP contribution in [0, 0.1) is 17.1 Å². The van der Waals surface area contributed by atoms with Gasteiger partial charge in [0.05, 0.1) is 5.92 Å². The van der Waals surface area contributed by atoms with Gasteiger partial charge in [-0.1, -0.05) is 30.3 Å². The molecule has 0 radical (unpaired) electrons. The average Bonchev–Trinajstić information content (AvgIpc) is 2.47. The molecule has 98 valence electrons. The predicted octanol–water partition coefficient (Wildman–Crippen LogP) is 3.04. The minimum atomic E-state index is -0.328. The molecule has 0 amide bonds. The smallest absolute Gasteiger partial charge is 0.205 e. The number of nitrogens with zero attached hydrogens (tertiary/aromatic N) is 1. The summed E-state index contributed by atoms with van der Waals surface area (Å²) in [5.74, 6) is 0.0777. The van der Waals surface area contributed by atoms with Crippen LogP contribution in [0.2, 0.25) is 0 Å². The Labute approximate surface area is 115 Å². The Hall–Kier alpha value is -2.80. The predicted molar refractivity (Wildman–Crippen MR) is 72.1 cm³/mol. The lowest BCUT2D eigenvalue weighted by molar-refractivity contribution is 0.393. The second-order valence-electron chi connectivity index (χ2n) is 4.51. The summed E-state index contributed by atoms with van der Waals surface area (Å²) in [4.78, 5) is 0. The van der Waals surface area contributed by atoms with E-state index >= 15 is 0 Å². The lowest BCUT2D eigenvalue weighted by Gasteiger charge is -2.26. The molecule has 0 saturated heterocycles. The van der Waals surface area contributed by atoms with E-state index in [0.717, 1.165) is 11.1 Å². The molecule has 3 rings (SSSR count). The molecule has 1 aliphatic rings. The van der Waals surface area contributed by atoms with E-state index in [-0.39, 0.29) is 17.6 Å². The van der Waals surface area contributed by atoms with Crippen molar-refractivity contribution in [3.8, 4) is 11.8 Å². The SMILES string of the molecule is N#CC1=C(N)Oc2ccccc2[C@H]1c1ccc(F)cc1. The third kappa shape index (κ3) is 1.90. The number of hydrogen-bond donors (Lipinski definition) is 1. The fraction of sp³-hybridized carbons (Fsp3) is 0.0625. The van der Waals surface area contributed by atoms with Gasteiger partial charge in [-0.2, -0.15) is 5.26 Å². The minimum Gasteiger partial charge on any atom is -0.440 e. The molecule has 0 bridgehead atoms. The van der Waals surface area contributed by atoms with Gasteiger partial charge in [0.15, 0.2) is 0 Å². The number of rotatable bonds is 1. The lowest BCUT2D eigenvalue weighted by atomic mass is 9.84. The van der Waals surface area contributed by atoms with Crippen molar-refractivity contribution in [2.75, 3.05) is 0 Å². The van der Waals surface area contributed by atoms with Gasteiger partial charge in [0.25, 0.3) is 0 Å². The number of halogens is 1. The van der Waals surface area contributed by atoms with E-state index in [4.69, 9.17) is 10.5 Å². The van der Waals surface area contributed by atoms with Crippen molar-refractivity contribution in [3.63, 3.8) is 0 Å². The summed E-state index contributed by atoms with van der Waals surface area (Å²) in [5, 5.41) is 9.33. The standard InChI is InChI=1S/C16H11FN2O/c17-11-7-5-10(6-8-11)15-12-3-1-2-4-14(12)20-16(19)13(15)9-18/h1-8,15H,19H2/t15-/m1/s1. The molecule has 0 unspecified atom stereocenters. The van der Waals surface area contributed by atoms with Crippen LogP contribution in [0.3, 0.4) is 0 Å². The maximum Gasteiger partial charge on any atom is 0.205 e. The molecule has 1 atom stereocenters. The van der Waals surface area contributed by atoms with Gasteiger partial charge < -0.3 is 10.5 Å². The molecule has 2 N–H and O–H groups in total. The Balaban J connectivity index is 2.20. The summed E-state index contributed by atoms with van der Waals surface area (Å²) in [7, 11) is 0. The summed E-state index contributed by atoms with van der Waals surface area (Å²) in [5.41, 5.74) is 7.82. The maximum absolute atomic E-state index is 13.1. The summed E-state index contributed by atoms with van der Waals surface area (Å²) >= 11 is 0. The number of nitrogens with two attached hydrogens (primary N) is 1. The zero-order valence-corrected chi connectivity index (χ0v) is 10.5. The van der Waals surface area contributed by atoms with Crippen LogP contribution in [0.15, 0.2) is 60.0 Å². The zero-order valence-electron chi connectivity index (χ0n) is 10.5. The van der Waals surface area contributed by atoms with Crippen LogP contribution >= 0.6 is 0 Å². The Bertz CT molecular complexity index is 729. The molecule has 2 aromatic carbocycles. The van der Waals surface area contributed by atoms with E-state index in [1.54, 1.807) is 18.2 Å². The summed E-state index contributed by atoms with van der Waals surface area (Å²) in [6, 6.07) is 15.5. The molecule has 0 aromatic heterocycles. The van der Waals surface area contributed by atoms with Crippen molar-refractivity contribution in [2.45, 2.75) is 5.92 Å². The third-order valence-electron chi connectivity index (χ3n) is 3.33. The molecule has 0 aliphatic carbocycles. The fourth-order valence-electron chi connectivity index (χ4n) is 2.40. The fourth-order valence-corrected chi connectivity index (χ4v) is 2.40. The average molecular weight is 266 g/mol. The Morgan fingerprint density at radius 2 is 1.80 bits per heavy atom. The molecule has 20 heavy (non-hydrogen) atoms. The number of allylic oxidation sites excluding steroid dienone is 1. The van der Waals surface area contributed by atoms with Crippen LogP contribution in [-0.2, 0) is 0 Å². The van der Waals surface area contributed by atoms with Crippen LogP contribution in [0.25, 0.3) is 0 Å². The van der Waals surface area contributed by atoms with E-state index in [2.05, 4.69) is 6.07 Å². The van der Waals surface area contributed by atoms with Gasteiger partial charge in [-0.05, 0) is 23.8 Å². The highest BCUT2D eigenvalue weighted by molar-refractivity contribution is 5.55. The quantitative estimate of drug-likeness (QED) is 0.863. The molecule has 0 spiro atoms. The first-order valence-electron chi connectivity index (χ1n) is 6.12. The number of fused-ring (bicyclic) bond motifs is 1. The van der Waals surface area contributed by atoms with Gasteiger partial charge in [-0.25, -0.2) is 4.39 Å². The molecular formula is C16H11FN2O. The Morgan fingerprint density at radius 3 is 2.50 bits per heavy atom. The molecule has 2 aromatic rings. The Kier molecular flexibility index (Phi) is 2.88. The van der Waals surface area contributed by atoms with Crippen LogP contribution in [-0.4, -0.2) is 0 Å². The van der Waals surface area contributed by atoms with Crippen LogP contribution in [0.1, 0.15) is 17.0 Å². The van der Waals surface area contributed by atoms with Crippen LogP contribution < -0.4 is 10.5 Å². The van der Waals surface area contributed by atoms with Crippen LogP contribution in [0.5, 0.6) is 5.75 Å². The molecule has 4 heteroatoms. The monoisotopic (exact) mass is 266 g/mol. The van der Waals surface area contributed by atoms with E-state index in [1.807, 2.05) is 18.2 Å². The van der Waals surface area contributed by atoms with Gasteiger partial charge in [-0.15, -0.1) is 0 Å². The van der Waals surface area contributed by atoms with Gasteiger partial charge in [0.2, 0.25) is 5.88 Å². The largest absolute Gasteiger partial charge is 0.440 e. The van der Waals surface area contributed by atoms with Crippen LogP contribution in [0.4, 0.5) is 4.39 Å². The second-order valence-corrected chi connectivity index (χ2v) is 4.51. The normalized spacial score (nSPS) is 17.1. The minimum absolute atomic E-state index is 0.0977. The number of para-hydroxylation sites is 1. The zero-order chi connectivity index (χ0) is 14.1. The maximum atomic E-state index is 13.1. The number of benzene rings is 2. The molecule has 1 aliphatic heterocycles. The van der Waals surface area contributed by atoms with Crippen molar-refractivity contribution < 1.29 is 9.13 Å². The van der Waals surface area contributed by atoms with Gasteiger partial charge >= 0.3 is 0 Å². The molecular weight excluding hydrogens is 255 g/mol. The van der Waals surface area contributed by atoms with Crippen molar-refractivity contribution in [1.29, 1.82) is 5.26 Å². The Morgan fingerprint density at radius 1 is 1.10 bits per heavy atom. The van der Waals surface area contributed by atoms with Gasteiger partial charge in [0, 0.05) is 5.56 Å². The molecule has 1 heterocycles. The summed E-state index contributed by atoms with van der Waals surface area (Å²) < 4.78 is 18.6. The number of hydrogen-bond acceptors (Lipinski definition) is 3. The van der Waals surface area contributed by atoms with Gasteiger partial charge in [0.1, 0.15) is 23.2 Å². The molecule has 0 saturated carbocycles. The second kappa shape index (κ2) is 4.71. The lowest BCUT2D eigenvalue weighted by Crippen LogP contribution is -2.20. The topological polar surface area (TPSA) is 59.0 Å². The van der Waals surface area contributed by atoms with Gasteiger partial charge in [-0.3, -0.25) is 0 Å². The van der Waals surface area contributed by atoms with E-state index in [1.165, 1.54) is 12.1 Å². The van der Waals surface area contributed by atoms with E-state index in [9.17, 15) is 9.65 Å². The molecule has 0 fully saturated rings. The molecule has 3 nitrogen and oxygen atoms in total. The highest BCUT2D eigenvalue weighted by Gasteiger charge is 2.30. The first-order valence-corrected chi connectivity index (χ1v) is 6.12. The van der Waals surface area contributed by atoms with Crippen molar-refractivity contribution in [3.05, 3.63) is 76.9 Å². The summed E-state index contributed by atoms with van der Waals surface area (Å²) in [6.45, 7) is 0. The van der Waals surface area contributed by atoms with Crippen molar-refractivity contribution >= 4 is 0 Å². The number of nitriles is 1. The van der Waals surface area contributed by atoms with E-state index < -0.39 is 0 Å². The van der Waals surface area contributed by atoms with E-state index in [0.29, 0.717) is 11.3 Å². The first-order chi connectivity index (χ1) is 9.70. The highest BCUT2D eigenvalue weighted by Crippen LogP contribution is 2.41.